The van der Waals surface area contributed by atoms with Crippen molar-refractivity contribution in [3.05, 3.63) is 0 Å². The lowest BCUT2D eigenvalue weighted by molar-refractivity contribution is -0.168. The highest BCUT2D eigenvalue weighted by atomic mass is 16.5. The van der Waals surface area contributed by atoms with Crippen molar-refractivity contribution in [3.63, 3.8) is 0 Å². The molecule has 2 rings (SSSR count). The second kappa shape index (κ2) is 6.00. The van der Waals surface area contributed by atoms with Crippen molar-refractivity contribution in [1.29, 1.82) is 0 Å². The van der Waals surface area contributed by atoms with E-state index in [4.69, 9.17) is 9.47 Å². The van der Waals surface area contributed by atoms with E-state index in [9.17, 15) is 4.79 Å². The SMILES string of the molecule is CCOC1CC(N(C)C(=O)[C@H]2NCCO[C@@H]2C)C1(C)C. The van der Waals surface area contributed by atoms with Crippen LogP contribution in [0.3, 0.4) is 0 Å². The summed E-state index contributed by atoms with van der Waals surface area (Å²) in [5.74, 6) is 0.130. The Hall–Kier alpha value is -0.650. The van der Waals surface area contributed by atoms with Crippen LogP contribution < -0.4 is 5.32 Å². The third-order valence-electron chi connectivity index (χ3n) is 4.89. The van der Waals surface area contributed by atoms with Gasteiger partial charge in [0.25, 0.3) is 0 Å². The van der Waals surface area contributed by atoms with Crippen LogP contribution in [0.4, 0.5) is 0 Å². The van der Waals surface area contributed by atoms with Gasteiger partial charge in [0.15, 0.2) is 0 Å². The molecule has 1 saturated heterocycles. The summed E-state index contributed by atoms with van der Waals surface area (Å²) in [6, 6.07) is 0.0122. The van der Waals surface area contributed by atoms with Gasteiger partial charge in [0.1, 0.15) is 6.04 Å². The molecule has 5 heteroatoms. The maximum absolute atomic E-state index is 12.6. The molecule has 1 heterocycles. The van der Waals surface area contributed by atoms with E-state index in [1.807, 2.05) is 25.8 Å². The van der Waals surface area contributed by atoms with E-state index in [0.717, 1.165) is 19.6 Å². The Morgan fingerprint density at radius 3 is 2.75 bits per heavy atom. The van der Waals surface area contributed by atoms with E-state index in [0.29, 0.717) is 6.61 Å². The number of carbonyl (C=O) groups excluding carboxylic acids is 1. The topological polar surface area (TPSA) is 50.8 Å². The highest BCUT2D eigenvalue weighted by Gasteiger charge is 2.52. The van der Waals surface area contributed by atoms with E-state index < -0.39 is 0 Å². The summed E-state index contributed by atoms with van der Waals surface area (Å²) in [6.07, 6.45) is 1.11. The average Bonchev–Trinajstić information content (AvgIpc) is 2.42. The minimum Gasteiger partial charge on any atom is -0.378 e. The van der Waals surface area contributed by atoms with Gasteiger partial charge in [-0.2, -0.15) is 0 Å². The highest BCUT2D eigenvalue weighted by Crippen LogP contribution is 2.45. The van der Waals surface area contributed by atoms with Crippen LogP contribution in [0.15, 0.2) is 0 Å². The number of rotatable bonds is 4. The van der Waals surface area contributed by atoms with Crippen LogP contribution in [0.25, 0.3) is 0 Å². The summed E-state index contributed by atoms with van der Waals surface area (Å²) in [5.41, 5.74) is 0.0131. The molecule has 0 aromatic carbocycles. The van der Waals surface area contributed by atoms with E-state index in [2.05, 4.69) is 19.2 Å². The number of hydrogen-bond acceptors (Lipinski definition) is 4. The maximum Gasteiger partial charge on any atom is 0.242 e. The van der Waals surface area contributed by atoms with Crippen LogP contribution in [0.1, 0.15) is 34.1 Å². The first-order chi connectivity index (χ1) is 9.39. The summed E-state index contributed by atoms with van der Waals surface area (Å²) in [7, 11) is 1.90. The monoisotopic (exact) mass is 284 g/mol. The predicted molar refractivity (Wildman–Crippen MR) is 77.6 cm³/mol. The Labute approximate surface area is 122 Å². The minimum absolute atomic E-state index is 0.0131. The Bertz CT molecular complexity index is 359. The van der Waals surface area contributed by atoms with Gasteiger partial charge in [-0.05, 0) is 20.3 Å². The number of carbonyl (C=O) groups is 1. The highest BCUT2D eigenvalue weighted by molar-refractivity contribution is 5.83. The lowest BCUT2D eigenvalue weighted by Crippen LogP contribution is -2.66. The number of likely N-dealkylation sites (N-methyl/N-ethyl adjacent to an activating group) is 1. The van der Waals surface area contributed by atoms with E-state index in [1.165, 1.54) is 0 Å². The molecule has 0 bridgehead atoms. The predicted octanol–water partition coefficient (Wildman–Crippen LogP) is 1.03. The normalized spacial score (nSPS) is 36.2. The fourth-order valence-corrected chi connectivity index (χ4v) is 3.39. The van der Waals surface area contributed by atoms with Gasteiger partial charge in [-0.3, -0.25) is 4.79 Å². The van der Waals surface area contributed by atoms with Crippen LogP contribution in [0.5, 0.6) is 0 Å². The molecule has 4 atom stereocenters. The van der Waals surface area contributed by atoms with E-state index in [1.54, 1.807) is 0 Å². The van der Waals surface area contributed by atoms with Crippen molar-refractivity contribution in [3.8, 4) is 0 Å². The summed E-state index contributed by atoms with van der Waals surface area (Å²) in [4.78, 5) is 14.5. The molecule has 20 heavy (non-hydrogen) atoms. The molecule has 116 valence electrons. The fraction of sp³-hybridized carbons (Fsp3) is 0.933. The van der Waals surface area contributed by atoms with Crippen molar-refractivity contribution in [2.75, 3.05) is 26.8 Å². The Morgan fingerprint density at radius 1 is 1.50 bits per heavy atom. The first-order valence-corrected chi connectivity index (χ1v) is 7.62. The summed E-state index contributed by atoms with van der Waals surface area (Å²) < 4.78 is 11.3. The minimum atomic E-state index is -0.226. The molecule has 0 aromatic heterocycles. The van der Waals surface area contributed by atoms with Gasteiger partial charge in [0.2, 0.25) is 5.91 Å². The quantitative estimate of drug-likeness (QED) is 0.837. The van der Waals surface area contributed by atoms with Crippen LogP contribution >= 0.6 is 0 Å². The van der Waals surface area contributed by atoms with E-state index in [-0.39, 0.29) is 35.6 Å². The number of nitrogens with zero attached hydrogens (tertiary/aromatic N) is 1. The molecule has 0 spiro atoms. The van der Waals surface area contributed by atoms with Crippen LogP contribution in [-0.2, 0) is 14.3 Å². The molecular formula is C15H28N2O3. The summed E-state index contributed by atoms with van der Waals surface area (Å²) >= 11 is 0. The van der Waals surface area contributed by atoms with Crippen molar-refractivity contribution >= 4 is 5.91 Å². The number of morpholine rings is 1. The first-order valence-electron chi connectivity index (χ1n) is 7.62. The third kappa shape index (κ3) is 2.71. The standard InChI is InChI=1S/C15H28N2O3/c1-6-19-12-9-11(15(12,3)4)17(5)14(18)13-10(2)20-8-7-16-13/h10-13,16H,6-9H2,1-5H3/t10-,11?,12?,13+/m1/s1. The number of nitrogens with one attached hydrogen (secondary N) is 1. The molecule has 1 aliphatic heterocycles. The largest absolute Gasteiger partial charge is 0.378 e. The zero-order chi connectivity index (χ0) is 14.9. The Kier molecular flexibility index (Phi) is 4.72. The molecule has 2 unspecified atom stereocenters. The van der Waals surface area contributed by atoms with Crippen molar-refractivity contribution in [1.82, 2.24) is 10.2 Å². The summed E-state index contributed by atoms with van der Waals surface area (Å²) in [6.45, 7) is 10.5. The van der Waals surface area contributed by atoms with Gasteiger partial charge in [0, 0.05) is 31.7 Å². The molecule has 1 aliphatic carbocycles. The number of amides is 1. The van der Waals surface area contributed by atoms with Crippen LogP contribution in [0, 0.1) is 5.41 Å². The van der Waals surface area contributed by atoms with Gasteiger partial charge in [0.05, 0.1) is 18.8 Å². The van der Waals surface area contributed by atoms with Gasteiger partial charge >= 0.3 is 0 Å². The summed E-state index contributed by atoms with van der Waals surface area (Å²) in [5, 5.41) is 3.27. The van der Waals surface area contributed by atoms with Gasteiger partial charge in [-0.15, -0.1) is 0 Å². The second-order valence-electron chi connectivity index (χ2n) is 6.47. The van der Waals surface area contributed by atoms with Crippen LogP contribution in [-0.4, -0.2) is 61.9 Å². The molecule has 1 saturated carbocycles. The van der Waals surface area contributed by atoms with Crippen molar-refractivity contribution in [2.24, 2.45) is 5.41 Å². The average molecular weight is 284 g/mol. The van der Waals surface area contributed by atoms with Crippen molar-refractivity contribution in [2.45, 2.75) is 58.4 Å². The zero-order valence-corrected chi connectivity index (χ0v) is 13.3. The molecule has 5 nitrogen and oxygen atoms in total. The van der Waals surface area contributed by atoms with Gasteiger partial charge in [-0.1, -0.05) is 13.8 Å². The van der Waals surface area contributed by atoms with Gasteiger partial charge in [-0.25, -0.2) is 0 Å². The molecule has 1 N–H and O–H groups in total. The molecular weight excluding hydrogens is 256 g/mol. The van der Waals surface area contributed by atoms with Gasteiger partial charge < -0.3 is 19.7 Å². The van der Waals surface area contributed by atoms with Crippen LogP contribution in [0.2, 0.25) is 0 Å². The van der Waals surface area contributed by atoms with E-state index >= 15 is 0 Å². The zero-order valence-electron chi connectivity index (χ0n) is 13.3. The number of ether oxygens (including phenoxy) is 2. The molecule has 1 amide bonds. The van der Waals surface area contributed by atoms with Crippen molar-refractivity contribution < 1.29 is 14.3 Å². The smallest absolute Gasteiger partial charge is 0.242 e. The Balaban J connectivity index is 1.98. The second-order valence-corrected chi connectivity index (χ2v) is 6.47. The third-order valence-corrected chi connectivity index (χ3v) is 4.89. The molecule has 2 fully saturated rings. The fourth-order valence-electron chi connectivity index (χ4n) is 3.39. The maximum atomic E-state index is 12.6. The lowest BCUT2D eigenvalue weighted by Gasteiger charge is -2.55. The first kappa shape index (κ1) is 15.7. The Morgan fingerprint density at radius 2 is 2.20 bits per heavy atom. The molecule has 2 aliphatic rings. The molecule has 0 radical (unpaired) electrons. The molecule has 0 aromatic rings. The lowest BCUT2D eigenvalue weighted by atomic mass is 9.63. The number of hydrogen-bond donors (Lipinski definition) is 1.